The fraction of sp³-hybridized carbons (Fsp3) is 0.286. The van der Waals surface area contributed by atoms with Gasteiger partial charge in [-0.3, -0.25) is 4.79 Å². The minimum Gasteiger partial charge on any atom is -0.493 e. The molecule has 0 aliphatic carbocycles. The SMILES string of the molecule is O=C(CCOc1cccc(Br)c1)N1CCN(S(=O)(=O)/C=C/c2ccccc2)CC1. The van der Waals surface area contributed by atoms with Crippen LogP contribution in [0, 0.1) is 0 Å². The highest BCUT2D eigenvalue weighted by Gasteiger charge is 2.27. The van der Waals surface area contributed by atoms with Crippen LogP contribution in [0.3, 0.4) is 0 Å². The number of carbonyl (C=O) groups is 1. The van der Waals surface area contributed by atoms with Crippen molar-refractivity contribution in [1.29, 1.82) is 0 Å². The van der Waals surface area contributed by atoms with Crippen molar-refractivity contribution >= 4 is 37.9 Å². The predicted octanol–water partition coefficient (Wildman–Crippen LogP) is 3.36. The molecule has 1 saturated heterocycles. The molecule has 3 rings (SSSR count). The minimum atomic E-state index is -3.50. The third-order valence-electron chi connectivity index (χ3n) is 4.56. The van der Waals surface area contributed by atoms with Gasteiger partial charge in [-0.15, -0.1) is 0 Å². The van der Waals surface area contributed by atoms with E-state index in [1.54, 1.807) is 11.0 Å². The van der Waals surface area contributed by atoms with E-state index in [0.29, 0.717) is 31.9 Å². The van der Waals surface area contributed by atoms with E-state index in [1.807, 2.05) is 54.6 Å². The quantitative estimate of drug-likeness (QED) is 0.611. The number of halogens is 1. The Labute approximate surface area is 180 Å². The molecule has 8 heteroatoms. The molecule has 2 aromatic rings. The van der Waals surface area contributed by atoms with Crippen molar-refractivity contribution in [2.45, 2.75) is 6.42 Å². The molecule has 29 heavy (non-hydrogen) atoms. The zero-order valence-electron chi connectivity index (χ0n) is 15.9. The number of nitrogens with zero attached hydrogens (tertiary/aromatic N) is 2. The summed E-state index contributed by atoms with van der Waals surface area (Å²) in [7, 11) is -3.50. The summed E-state index contributed by atoms with van der Waals surface area (Å²) >= 11 is 3.38. The van der Waals surface area contributed by atoms with Gasteiger partial charge in [0.2, 0.25) is 15.9 Å². The summed E-state index contributed by atoms with van der Waals surface area (Å²) in [6.07, 6.45) is 1.85. The first-order valence-corrected chi connectivity index (χ1v) is 11.6. The van der Waals surface area contributed by atoms with Gasteiger partial charge in [0.1, 0.15) is 5.75 Å². The van der Waals surface area contributed by atoms with Gasteiger partial charge in [-0.2, -0.15) is 4.31 Å². The lowest BCUT2D eigenvalue weighted by molar-refractivity contribution is -0.132. The number of rotatable bonds is 7. The number of benzene rings is 2. The monoisotopic (exact) mass is 478 g/mol. The molecule has 0 atom stereocenters. The van der Waals surface area contributed by atoms with Crippen molar-refractivity contribution in [1.82, 2.24) is 9.21 Å². The molecule has 6 nitrogen and oxygen atoms in total. The van der Waals surface area contributed by atoms with E-state index in [4.69, 9.17) is 4.74 Å². The highest BCUT2D eigenvalue weighted by molar-refractivity contribution is 9.10. The van der Waals surface area contributed by atoms with E-state index in [0.717, 1.165) is 10.0 Å². The first-order chi connectivity index (χ1) is 13.9. The number of hydrogen-bond donors (Lipinski definition) is 0. The van der Waals surface area contributed by atoms with Crippen LogP contribution < -0.4 is 4.74 Å². The van der Waals surface area contributed by atoms with Gasteiger partial charge in [0.25, 0.3) is 0 Å². The van der Waals surface area contributed by atoms with Crippen LogP contribution >= 0.6 is 15.9 Å². The molecule has 0 unspecified atom stereocenters. The van der Waals surface area contributed by atoms with Crippen LogP contribution in [0.15, 0.2) is 64.5 Å². The predicted molar refractivity (Wildman–Crippen MR) is 117 cm³/mol. The molecule has 154 valence electrons. The largest absolute Gasteiger partial charge is 0.493 e. The van der Waals surface area contributed by atoms with Crippen LogP contribution in [0.1, 0.15) is 12.0 Å². The second-order valence-electron chi connectivity index (χ2n) is 6.59. The van der Waals surface area contributed by atoms with Crippen LogP contribution in [0.4, 0.5) is 0 Å². The minimum absolute atomic E-state index is 0.0307. The Bertz CT molecular complexity index is 956. The number of sulfonamides is 1. The standard InChI is InChI=1S/C21H23BrN2O4S/c22-19-7-4-8-20(17-19)28-15-9-21(25)23-11-13-24(14-12-23)29(26,27)16-10-18-5-2-1-3-6-18/h1-8,10,16-17H,9,11-15H2/b16-10+. The smallest absolute Gasteiger partial charge is 0.236 e. The summed E-state index contributed by atoms with van der Waals surface area (Å²) in [6, 6.07) is 16.7. The first-order valence-electron chi connectivity index (χ1n) is 9.33. The summed E-state index contributed by atoms with van der Waals surface area (Å²) in [6.45, 7) is 1.63. The molecule has 1 fully saturated rings. The molecular formula is C21H23BrN2O4S. The number of amides is 1. The Hall–Kier alpha value is -2.16. The molecule has 0 saturated carbocycles. The molecule has 2 aromatic carbocycles. The van der Waals surface area contributed by atoms with E-state index in [9.17, 15) is 13.2 Å². The molecule has 0 bridgehead atoms. The second kappa shape index (κ2) is 10.0. The van der Waals surface area contributed by atoms with Crippen LogP contribution in [0.2, 0.25) is 0 Å². The first kappa shape index (κ1) is 21.5. The molecule has 0 spiro atoms. The van der Waals surface area contributed by atoms with Crippen molar-refractivity contribution < 1.29 is 17.9 Å². The molecular weight excluding hydrogens is 456 g/mol. The van der Waals surface area contributed by atoms with E-state index in [-0.39, 0.29) is 18.9 Å². The average molecular weight is 479 g/mol. The van der Waals surface area contributed by atoms with Crippen LogP contribution in [-0.4, -0.2) is 56.3 Å². The maximum atomic E-state index is 12.5. The number of hydrogen-bond acceptors (Lipinski definition) is 4. The lowest BCUT2D eigenvalue weighted by atomic mass is 10.2. The maximum absolute atomic E-state index is 12.5. The number of piperazine rings is 1. The van der Waals surface area contributed by atoms with Gasteiger partial charge in [-0.1, -0.05) is 52.3 Å². The van der Waals surface area contributed by atoms with Gasteiger partial charge < -0.3 is 9.64 Å². The highest BCUT2D eigenvalue weighted by atomic mass is 79.9. The maximum Gasteiger partial charge on any atom is 0.236 e. The normalized spacial score (nSPS) is 15.6. The fourth-order valence-electron chi connectivity index (χ4n) is 2.98. The van der Waals surface area contributed by atoms with Crippen molar-refractivity contribution in [3.05, 3.63) is 70.0 Å². The van der Waals surface area contributed by atoms with Crippen LogP contribution in [0.5, 0.6) is 5.75 Å². The van der Waals surface area contributed by atoms with E-state index in [1.165, 1.54) is 9.71 Å². The third-order valence-corrected chi connectivity index (χ3v) is 6.62. The Morgan fingerprint density at radius 1 is 1.03 bits per heavy atom. The van der Waals surface area contributed by atoms with Crippen molar-refractivity contribution in [2.75, 3.05) is 32.8 Å². The van der Waals surface area contributed by atoms with Crippen LogP contribution in [-0.2, 0) is 14.8 Å². The Balaban J connectivity index is 1.45. The molecule has 0 radical (unpaired) electrons. The zero-order valence-corrected chi connectivity index (χ0v) is 18.3. The van der Waals surface area contributed by atoms with Crippen molar-refractivity contribution in [2.24, 2.45) is 0 Å². The van der Waals surface area contributed by atoms with Crippen LogP contribution in [0.25, 0.3) is 6.08 Å². The molecule has 1 amide bonds. The van der Waals surface area contributed by atoms with E-state index < -0.39 is 10.0 Å². The lowest BCUT2D eigenvalue weighted by Crippen LogP contribution is -2.50. The topological polar surface area (TPSA) is 66.9 Å². The second-order valence-corrected chi connectivity index (χ2v) is 9.33. The van der Waals surface area contributed by atoms with E-state index >= 15 is 0 Å². The zero-order chi connectivity index (χ0) is 20.7. The molecule has 1 heterocycles. The fourth-order valence-corrected chi connectivity index (χ4v) is 4.53. The van der Waals surface area contributed by atoms with Gasteiger partial charge in [0.05, 0.1) is 13.0 Å². The third kappa shape index (κ3) is 6.42. The summed E-state index contributed by atoms with van der Waals surface area (Å²) in [4.78, 5) is 14.1. The lowest BCUT2D eigenvalue weighted by Gasteiger charge is -2.33. The molecule has 0 aromatic heterocycles. The number of carbonyl (C=O) groups excluding carboxylic acids is 1. The number of ether oxygens (including phenoxy) is 1. The summed E-state index contributed by atoms with van der Waals surface area (Å²) in [5.74, 6) is 0.671. The Kier molecular flexibility index (Phi) is 7.46. The van der Waals surface area contributed by atoms with Gasteiger partial charge >= 0.3 is 0 Å². The van der Waals surface area contributed by atoms with Crippen molar-refractivity contribution in [3.63, 3.8) is 0 Å². The summed E-state index contributed by atoms with van der Waals surface area (Å²) in [5.41, 5.74) is 0.829. The Morgan fingerprint density at radius 3 is 2.45 bits per heavy atom. The highest BCUT2D eigenvalue weighted by Crippen LogP contribution is 2.18. The van der Waals surface area contributed by atoms with Gasteiger partial charge in [-0.05, 0) is 29.8 Å². The Morgan fingerprint density at radius 2 is 1.76 bits per heavy atom. The van der Waals surface area contributed by atoms with Gasteiger partial charge in [0, 0.05) is 36.1 Å². The summed E-state index contributed by atoms with van der Waals surface area (Å²) < 4.78 is 32.9. The van der Waals surface area contributed by atoms with Gasteiger partial charge in [0.15, 0.2) is 0 Å². The molecule has 1 aliphatic heterocycles. The van der Waals surface area contributed by atoms with E-state index in [2.05, 4.69) is 15.9 Å². The summed E-state index contributed by atoms with van der Waals surface area (Å²) in [5, 5.41) is 1.23. The molecule has 1 aliphatic rings. The van der Waals surface area contributed by atoms with Gasteiger partial charge in [-0.25, -0.2) is 8.42 Å². The van der Waals surface area contributed by atoms with Crippen molar-refractivity contribution in [3.8, 4) is 5.75 Å². The average Bonchev–Trinajstić information content (AvgIpc) is 2.73. The molecule has 0 N–H and O–H groups in total.